The Morgan fingerprint density at radius 2 is 1.64 bits per heavy atom. The van der Waals surface area contributed by atoms with Gasteiger partial charge in [0, 0.05) is 11.5 Å². The van der Waals surface area contributed by atoms with Crippen LogP contribution >= 0.6 is 0 Å². The molecule has 2 heterocycles. The van der Waals surface area contributed by atoms with Gasteiger partial charge in [0.1, 0.15) is 11.3 Å². The Bertz CT molecular complexity index is 891. The summed E-state index contributed by atoms with van der Waals surface area (Å²) in [7, 11) is 0. The van der Waals surface area contributed by atoms with Gasteiger partial charge in [0.15, 0.2) is 0 Å². The van der Waals surface area contributed by atoms with Crippen molar-refractivity contribution in [2.45, 2.75) is 26.2 Å². The van der Waals surface area contributed by atoms with Gasteiger partial charge in [-0.2, -0.15) is 8.97 Å². The third kappa shape index (κ3) is 2.17. The molecule has 0 fully saturated rings. The summed E-state index contributed by atoms with van der Waals surface area (Å²) in [5.74, 6) is 0.000260. The molecule has 0 aliphatic carbocycles. The molecule has 0 atom stereocenters. The van der Waals surface area contributed by atoms with Crippen LogP contribution in [0.2, 0.25) is 0 Å². The molecule has 0 unspecified atom stereocenters. The molecule has 0 aliphatic rings. The molecule has 0 saturated carbocycles. The maximum atomic E-state index is 13.0. The predicted octanol–water partition coefficient (Wildman–Crippen LogP) is 2.58. The Balaban J connectivity index is 2.54. The zero-order valence-corrected chi connectivity index (χ0v) is 12.9. The summed E-state index contributed by atoms with van der Waals surface area (Å²) in [6.07, 6.45) is 1.76. The summed E-state index contributed by atoms with van der Waals surface area (Å²) in [4.78, 5) is 13.0. The average Bonchev–Trinajstić information content (AvgIpc) is 2.47. The molecule has 3 rings (SSSR count). The van der Waals surface area contributed by atoms with E-state index in [1.54, 1.807) is 15.2 Å². The van der Waals surface area contributed by atoms with Crippen LogP contribution in [-0.4, -0.2) is 9.67 Å². The largest absolute Gasteiger partial charge is 0.477 e. The highest BCUT2D eigenvalue weighted by Gasteiger charge is 2.32. The van der Waals surface area contributed by atoms with Crippen molar-refractivity contribution in [3.05, 3.63) is 70.6 Å². The highest BCUT2D eigenvalue weighted by molar-refractivity contribution is 5.46. The van der Waals surface area contributed by atoms with Crippen LogP contribution in [0.5, 0.6) is 5.88 Å². The fourth-order valence-corrected chi connectivity index (χ4v) is 2.71. The van der Waals surface area contributed by atoms with E-state index in [-0.39, 0.29) is 11.4 Å². The van der Waals surface area contributed by atoms with E-state index in [4.69, 9.17) is 0 Å². The minimum atomic E-state index is -0.464. The monoisotopic (exact) mass is 295 g/mol. The third-order valence-electron chi connectivity index (χ3n) is 3.70. The molecule has 0 aliphatic heterocycles. The van der Waals surface area contributed by atoms with Crippen LogP contribution in [0, 0.1) is 0 Å². The van der Waals surface area contributed by atoms with Gasteiger partial charge >= 0.3 is 5.56 Å². The second-order valence-electron chi connectivity index (χ2n) is 6.35. The Morgan fingerprint density at radius 3 is 2.27 bits per heavy atom. The number of para-hydroxylation sites is 1. The molecule has 0 saturated heterocycles. The first-order chi connectivity index (χ1) is 10.4. The Labute approximate surface area is 128 Å². The van der Waals surface area contributed by atoms with E-state index in [0.29, 0.717) is 11.2 Å². The number of fused-ring (bicyclic) bond motifs is 1. The van der Waals surface area contributed by atoms with Crippen molar-refractivity contribution in [2.75, 3.05) is 0 Å². The van der Waals surface area contributed by atoms with Crippen molar-refractivity contribution < 1.29 is 9.51 Å². The second-order valence-corrected chi connectivity index (χ2v) is 6.35. The summed E-state index contributed by atoms with van der Waals surface area (Å²) in [5, 5.41) is 10.6. The third-order valence-corrected chi connectivity index (χ3v) is 3.70. The number of aromatic hydroxyl groups is 1. The van der Waals surface area contributed by atoms with Gasteiger partial charge in [-0.1, -0.05) is 45.0 Å². The summed E-state index contributed by atoms with van der Waals surface area (Å²) >= 11 is 0. The van der Waals surface area contributed by atoms with Crippen LogP contribution in [0.4, 0.5) is 0 Å². The molecule has 0 bridgehead atoms. The van der Waals surface area contributed by atoms with Gasteiger partial charge in [-0.15, -0.1) is 0 Å². The highest BCUT2D eigenvalue weighted by atomic mass is 16.3. The fourth-order valence-electron chi connectivity index (χ4n) is 2.71. The summed E-state index contributed by atoms with van der Waals surface area (Å²) in [5.41, 5.74) is 1.16. The lowest BCUT2D eigenvalue weighted by atomic mass is 9.88. The number of pyridine rings is 1. The van der Waals surface area contributed by atoms with Crippen molar-refractivity contribution in [1.29, 1.82) is 0 Å². The number of benzene rings is 1. The van der Waals surface area contributed by atoms with E-state index >= 15 is 0 Å². The number of aromatic nitrogens is 2. The van der Waals surface area contributed by atoms with E-state index in [2.05, 4.69) is 0 Å². The van der Waals surface area contributed by atoms with Crippen LogP contribution in [0.1, 0.15) is 26.3 Å². The second kappa shape index (κ2) is 4.98. The van der Waals surface area contributed by atoms with Crippen molar-refractivity contribution in [1.82, 2.24) is 4.57 Å². The summed E-state index contributed by atoms with van der Waals surface area (Å²) < 4.78 is 3.29. The first-order valence-corrected chi connectivity index (χ1v) is 7.25. The maximum Gasteiger partial charge on any atom is 0.350 e. The van der Waals surface area contributed by atoms with Crippen LogP contribution in [0.15, 0.2) is 59.5 Å². The fraction of sp³-hybridized carbons (Fsp3) is 0.222. The molecular formula is C18H19N2O2+. The van der Waals surface area contributed by atoms with Gasteiger partial charge in [-0.25, -0.2) is 4.79 Å². The van der Waals surface area contributed by atoms with E-state index in [1.165, 1.54) is 0 Å². The predicted molar refractivity (Wildman–Crippen MR) is 85.6 cm³/mol. The molecule has 1 aromatic carbocycles. The Kier molecular flexibility index (Phi) is 3.24. The summed E-state index contributed by atoms with van der Waals surface area (Å²) in [6.45, 7) is 5.77. The topological polar surface area (TPSA) is 46.3 Å². The van der Waals surface area contributed by atoms with Crippen LogP contribution in [0.3, 0.4) is 0 Å². The lowest BCUT2D eigenvalue weighted by Crippen LogP contribution is -2.39. The lowest BCUT2D eigenvalue weighted by molar-refractivity contribution is -0.527. The molecular weight excluding hydrogens is 276 g/mol. The molecule has 0 radical (unpaired) electrons. The number of hydrogen-bond acceptors (Lipinski definition) is 2. The Hall–Kier alpha value is -2.62. The van der Waals surface area contributed by atoms with Crippen LogP contribution in [0.25, 0.3) is 11.3 Å². The quantitative estimate of drug-likeness (QED) is 0.701. The van der Waals surface area contributed by atoms with Gasteiger partial charge in [-0.05, 0) is 18.2 Å². The minimum absolute atomic E-state index is 0.000260. The molecule has 0 spiro atoms. The zero-order valence-electron chi connectivity index (χ0n) is 12.9. The maximum absolute atomic E-state index is 13.0. The molecule has 0 amide bonds. The van der Waals surface area contributed by atoms with Crippen molar-refractivity contribution >= 4 is 5.65 Å². The molecule has 4 heteroatoms. The molecule has 2 aromatic heterocycles. The first kappa shape index (κ1) is 14.3. The van der Waals surface area contributed by atoms with Gasteiger partial charge in [0.05, 0.1) is 6.20 Å². The average molecular weight is 295 g/mol. The van der Waals surface area contributed by atoms with Crippen molar-refractivity contribution in [3.8, 4) is 11.6 Å². The Morgan fingerprint density at radius 1 is 1.00 bits per heavy atom. The van der Waals surface area contributed by atoms with Gasteiger partial charge < -0.3 is 5.11 Å². The van der Waals surface area contributed by atoms with Gasteiger partial charge in [0.25, 0.3) is 11.5 Å². The molecule has 112 valence electrons. The normalized spacial score (nSPS) is 11.8. The van der Waals surface area contributed by atoms with Crippen molar-refractivity contribution in [2.24, 2.45) is 0 Å². The van der Waals surface area contributed by atoms with E-state index in [9.17, 15) is 9.90 Å². The van der Waals surface area contributed by atoms with Gasteiger partial charge in [-0.3, -0.25) is 0 Å². The SMILES string of the molecule is CC(C)(C)c1c(O)[n+]2ccccc2n(-c2ccccc2)c1=O. The number of nitrogens with zero attached hydrogens (tertiary/aromatic N) is 2. The minimum Gasteiger partial charge on any atom is -0.477 e. The lowest BCUT2D eigenvalue weighted by Gasteiger charge is -2.18. The standard InChI is InChI=1S/C18H18N2O2/c1-18(2,3)15-16(21)19-12-8-7-11-14(19)20(17(15)22)13-9-5-4-6-10-13/h4-12H,1-3H3/p+1. The highest BCUT2D eigenvalue weighted by Crippen LogP contribution is 2.25. The molecule has 22 heavy (non-hydrogen) atoms. The first-order valence-electron chi connectivity index (χ1n) is 7.25. The van der Waals surface area contributed by atoms with E-state index in [0.717, 1.165) is 5.69 Å². The van der Waals surface area contributed by atoms with Crippen molar-refractivity contribution in [3.63, 3.8) is 0 Å². The van der Waals surface area contributed by atoms with E-state index in [1.807, 2.05) is 69.3 Å². The molecule has 3 aromatic rings. The molecule has 4 nitrogen and oxygen atoms in total. The number of rotatable bonds is 1. The smallest absolute Gasteiger partial charge is 0.350 e. The summed E-state index contributed by atoms with van der Waals surface area (Å²) in [6, 6.07) is 15.0. The van der Waals surface area contributed by atoms with E-state index < -0.39 is 5.41 Å². The number of hydrogen-bond donors (Lipinski definition) is 1. The van der Waals surface area contributed by atoms with Crippen LogP contribution < -0.4 is 9.96 Å². The van der Waals surface area contributed by atoms with Gasteiger partial charge in [0.2, 0.25) is 0 Å². The zero-order chi connectivity index (χ0) is 15.9. The molecule has 1 N–H and O–H groups in total. The van der Waals surface area contributed by atoms with Crippen LogP contribution in [-0.2, 0) is 5.41 Å².